The van der Waals surface area contributed by atoms with Gasteiger partial charge in [-0.1, -0.05) is 76.2 Å². The van der Waals surface area contributed by atoms with Gasteiger partial charge < -0.3 is 0 Å². The van der Waals surface area contributed by atoms with Crippen molar-refractivity contribution in [3.63, 3.8) is 0 Å². The van der Waals surface area contributed by atoms with Crippen LogP contribution in [-0.4, -0.2) is 5.38 Å². The summed E-state index contributed by atoms with van der Waals surface area (Å²) in [6, 6.07) is 17.8. The molecule has 1 heteroatoms. The maximum Gasteiger partial charge on any atom is 0.0417 e. The third-order valence-corrected chi connectivity index (χ3v) is 4.59. The van der Waals surface area contributed by atoms with Gasteiger partial charge in [-0.05, 0) is 41.0 Å². The molecule has 0 fully saturated rings. The second-order valence-corrected chi connectivity index (χ2v) is 7.81. The number of alkyl halides is 1. The molecule has 22 heavy (non-hydrogen) atoms. The van der Waals surface area contributed by atoms with Crippen LogP contribution in [-0.2, 0) is 11.8 Å². The first-order chi connectivity index (χ1) is 10.3. The van der Waals surface area contributed by atoms with E-state index in [1.165, 1.54) is 22.3 Å². The van der Waals surface area contributed by atoms with Crippen LogP contribution in [0.4, 0.5) is 0 Å². The van der Waals surface area contributed by atoms with E-state index in [1.54, 1.807) is 0 Å². The van der Waals surface area contributed by atoms with Gasteiger partial charge in [-0.3, -0.25) is 0 Å². The number of benzene rings is 2. The van der Waals surface area contributed by atoms with Gasteiger partial charge in [0.25, 0.3) is 0 Å². The van der Waals surface area contributed by atoms with Crippen molar-refractivity contribution in [1.29, 1.82) is 0 Å². The summed E-state index contributed by atoms with van der Waals surface area (Å²) in [7, 11) is 0. The zero-order valence-corrected chi connectivity index (χ0v) is 15.1. The standard InChI is InChI=1S/C21H27Cl/c1-6-16-7-9-17(10-8-16)20(15(2)22)18-11-13-19(14-12-18)21(3,4)5/h7-15,20H,6H2,1-5H3. The lowest BCUT2D eigenvalue weighted by Gasteiger charge is -2.23. The van der Waals surface area contributed by atoms with Gasteiger partial charge >= 0.3 is 0 Å². The maximum absolute atomic E-state index is 6.52. The monoisotopic (exact) mass is 314 g/mol. The third kappa shape index (κ3) is 3.93. The fraction of sp³-hybridized carbons (Fsp3) is 0.429. The molecular formula is C21H27Cl. The fourth-order valence-corrected chi connectivity index (χ4v) is 3.16. The van der Waals surface area contributed by atoms with E-state index in [1.807, 2.05) is 0 Å². The van der Waals surface area contributed by atoms with Crippen LogP contribution in [0.2, 0.25) is 0 Å². The molecule has 0 aliphatic rings. The molecule has 0 saturated heterocycles. The van der Waals surface area contributed by atoms with Gasteiger partial charge in [0.15, 0.2) is 0 Å². The van der Waals surface area contributed by atoms with Crippen LogP contribution >= 0.6 is 11.6 Å². The smallest absolute Gasteiger partial charge is 0.0417 e. The molecule has 2 aromatic rings. The van der Waals surface area contributed by atoms with Gasteiger partial charge in [-0.25, -0.2) is 0 Å². The lowest BCUT2D eigenvalue weighted by molar-refractivity contribution is 0.589. The average Bonchev–Trinajstić information content (AvgIpc) is 2.47. The predicted molar refractivity (Wildman–Crippen MR) is 98.1 cm³/mol. The fourth-order valence-electron chi connectivity index (χ4n) is 2.87. The van der Waals surface area contributed by atoms with E-state index < -0.39 is 0 Å². The van der Waals surface area contributed by atoms with Crippen molar-refractivity contribution in [2.24, 2.45) is 0 Å². The molecule has 0 spiro atoms. The Kier molecular flexibility index (Phi) is 5.34. The first kappa shape index (κ1) is 17.1. The SMILES string of the molecule is CCc1ccc(C(c2ccc(C(C)(C)C)cc2)C(C)Cl)cc1. The second-order valence-electron chi connectivity index (χ2n) is 7.12. The number of hydrogen-bond acceptors (Lipinski definition) is 0. The summed E-state index contributed by atoms with van der Waals surface area (Å²) in [4.78, 5) is 0. The molecule has 2 unspecified atom stereocenters. The largest absolute Gasteiger partial charge is 0.122 e. The van der Waals surface area contributed by atoms with Crippen molar-refractivity contribution in [3.05, 3.63) is 70.8 Å². The van der Waals surface area contributed by atoms with Crippen LogP contribution in [0.15, 0.2) is 48.5 Å². The summed E-state index contributed by atoms with van der Waals surface area (Å²) in [6.45, 7) is 11.0. The van der Waals surface area contributed by atoms with Crippen molar-refractivity contribution in [3.8, 4) is 0 Å². The maximum atomic E-state index is 6.52. The molecule has 2 aromatic carbocycles. The van der Waals surface area contributed by atoms with Gasteiger partial charge in [0, 0.05) is 11.3 Å². The molecule has 2 atom stereocenters. The Balaban J connectivity index is 2.35. The highest BCUT2D eigenvalue weighted by Gasteiger charge is 2.21. The molecule has 0 amide bonds. The topological polar surface area (TPSA) is 0 Å². The van der Waals surface area contributed by atoms with E-state index in [0.717, 1.165) is 6.42 Å². The van der Waals surface area contributed by atoms with Gasteiger partial charge in [-0.15, -0.1) is 11.6 Å². The van der Waals surface area contributed by atoms with Crippen molar-refractivity contribution in [2.45, 2.75) is 57.7 Å². The molecule has 118 valence electrons. The highest BCUT2D eigenvalue weighted by Crippen LogP contribution is 2.33. The Morgan fingerprint density at radius 2 is 1.32 bits per heavy atom. The molecule has 0 N–H and O–H groups in total. The molecular weight excluding hydrogens is 288 g/mol. The van der Waals surface area contributed by atoms with E-state index in [2.05, 4.69) is 83.1 Å². The molecule has 0 bridgehead atoms. The van der Waals surface area contributed by atoms with Gasteiger partial charge in [0.2, 0.25) is 0 Å². The minimum absolute atomic E-state index is 0.0629. The summed E-state index contributed by atoms with van der Waals surface area (Å²) in [5, 5.41) is 0.0629. The van der Waals surface area contributed by atoms with E-state index in [4.69, 9.17) is 11.6 Å². The van der Waals surface area contributed by atoms with Crippen molar-refractivity contribution in [1.82, 2.24) is 0 Å². The zero-order chi connectivity index (χ0) is 16.3. The second kappa shape index (κ2) is 6.87. The summed E-state index contributed by atoms with van der Waals surface area (Å²) in [5.41, 5.74) is 5.50. The lowest BCUT2D eigenvalue weighted by Crippen LogP contribution is -2.14. The first-order valence-electron chi connectivity index (χ1n) is 8.16. The van der Waals surface area contributed by atoms with Crippen LogP contribution in [0.5, 0.6) is 0 Å². The van der Waals surface area contributed by atoms with Crippen molar-refractivity contribution in [2.75, 3.05) is 0 Å². The Labute approximate surface area is 140 Å². The number of halogens is 1. The van der Waals surface area contributed by atoms with Crippen LogP contribution in [0.3, 0.4) is 0 Å². The Morgan fingerprint density at radius 1 is 0.864 bits per heavy atom. The van der Waals surface area contributed by atoms with Gasteiger partial charge in [0.05, 0.1) is 0 Å². The van der Waals surface area contributed by atoms with Crippen LogP contribution in [0.25, 0.3) is 0 Å². The summed E-state index contributed by atoms with van der Waals surface area (Å²) in [6.07, 6.45) is 1.07. The number of hydrogen-bond donors (Lipinski definition) is 0. The quantitative estimate of drug-likeness (QED) is 0.580. The highest BCUT2D eigenvalue weighted by molar-refractivity contribution is 6.21. The van der Waals surface area contributed by atoms with Crippen LogP contribution < -0.4 is 0 Å². The molecule has 0 aromatic heterocycles. The van der Waals surface area contributed by atoms with Gasteiger partial charge in [-0.2, -0.15) is 0 Å². The number of aryl methyl sites for hydroxylation is 1. The van der Waals surface area contributed by atoms with Crippen molar-refractivity contribution >= 4 is 11.6 Å². The Bertz CT molecular complexity index is 585. The van der Waals surface area contributed by atoms with E-state index in [0.29, 0.717) is 0 Å². The Morgan fingerprint density at radius 3 is 1.68 bits per heavy atom. The van der Waals surface area contributed by atoms with Crippen LogP contribution in [0, 0.1) is 0 Å². The molecule has 0 radical (unpaired) electrons. The van der Waals surface area contributed by atoms with Gasteiger partial charge in [0.1, 0.15) is 0 Å². The minimum Gasteiger partial charge on any atom is -0.122 e. The first-order valence-corrected chi connectivity index (χ1v) is 8.60. The lowest BCUT2D eigenvalue weighted by atomic mass is 9.83. The summed E-state index contributed by atoms with van der Waals surface area (Å²) < 4.78 is 0. The predicted octanol–water partition coefficient (Wildman–Crippen LogP) is 6.31. The molecule has 0 heterocycles. The molecule has 0 aliphatic carbocycles. The summed E-state index contributed by atoms with van der Waals surface area (Å²) in [5.74, 6) is 0.238. The van der Waals surface area contributed by atoms with Crippen molar-refractivity contribution < 1.29 is 0 Å². The van der Waals surface area contributed by atoms with E-state index in [-0.39, 0.29) is 16.7 Å². The zero-order valence-electron chi connectivity index (χ0n) is 14.4. The highest BCUT2D eigenvalue weighted by atomic mass is 35.5. The average molecular weight is 315 g/mol. The number of rotatable bonds is 4. The Hall–Kier alpha value is -1.27. The molecule has 2 rings (SSSR count). The van der Waals surface area contributed by atoms with E-state index >= 15 is 0 Å². The normalized spacial score (nSPS) is 14.6. The molecule has 0 aliphatic heterocycles. The molecule has 0 saturated carbocycles. The summed E-state index contributed by atoms with van der Waals surface area (Å²) >= 11 is 6.52. The molecule has 0 nitrogen and oxygen atoms in total. The van der Waals surface area contributed by atoms with Crippen LogP contribution in [0.1, 0.15) is 62.8 Å². The minimum atomic E-state index is 0.0629. The van der Waals surface area contributed by atoms with E-state index in [9.17, 15) is 0 Å². The third-order valence-electron chi connectivity index (χ3n) is 4.34.